The van der Waals surface area contributed by atoms with Crippen molar-refractivity contribution in [1.29, 1.82) is 0 Å². The lowest BCUT2D eigenvalue weighted by atomic mass is 10.0. The van der Waals surface area contributed by atoms with E-state index in [2.05, 4.69) is 22.5 Å². The summed E-state index contributed by atoms with van der Waals surface area (Å²) in [6.07, 6.45) is 6.83. The van der Waals surface area contributed by atoms with Crippen LogP contribution in [-0.4, -0.2) is 24.0 Å². The molecule has 1 aliphatic rings. The summed E-state index contributed by atoms with van der Waals surface area (Å²) >= 11 is 0. The zero-order valence-electron chi connectivity index (χ0n) is 12.1. The minimum absolute atomic E-state index is 0.0571. The standard InChI is InChI=1S/C15H22FN3O/c1-10-4-3-5-11(7-6-10)19-15(20)12-8-9-18-14(17-2)13(12)16/h8-11H,3-7H2,1-2H3,(H,17,18)(H,19,20). The van der Waals surface area contributed by atoms with Crippen LogP contribution in [-0.2, 0) is 0 Å². The minimum atomic E-state index is -0.588. The van der Waals surface area contributed by atoms with Gasteiger partial charge >= 0.3 is 0 Å². The van der Waals surface area contributed by atoms with Crippen LogP contribution in [0.2, 0.25) is 0 Å². The monoisotopic (exact) mass is 279 g/mol. The summed E-state index contributed by atoms with van der Waals surface area (Å²) in [5.74, 6) is -0.118. The molecule has 0 radical (unpaired) electrons. The van der Waals surface area contributed by atoms with Gasteiger partial charge in [0.15, 0.2) is 11.6 Å². The second-order valence-electron chi connectivity index (χ2n) is 5.55. The summed E-state index contributed by atoms with van der Waals surface area (Å²) in [4.78, 5) is 16.0. The molecule has 1 heterocycles. The fraction of sp³-hybridized carbons (Fsp3) is 0.600. The molecule has 1 aromatic heterocycles. The molecule has 1 aliphatic carbocycles. The average molecular weight is 279 g/mol. The van der Waals surface area contributed by atoms with Crippen molar-refractivity contribution >= 4 is 11.7 Å². The molecule has 1 amide bonds. The Hall–Kier alpha value is -1.65. The number of carbonyl (C=O) groups excluding carboxylic acids is 1. The number of hydrogen-bond acceptors (Lipinski definition) is 3. The molecule has 20 heavy (non-hydrogen) atoms. The summed E-state index contributed by atoms with van der Waals surface area (Å²) in [5.41, 5.74) is 0.0571. The number of halogens is 1. The second kappa shape index (κ2) is 6.68. The molecule has 1 fully saturated rings. The number of nitrogens with zero attached hydrogens (tertiary/aromatic N) is 1. The van der Waals surface area contributed by atoms with Crippen molar-refractivity contribution in [2.24, 2.45) is 5.92 Å². The average Bonchev–Trinajstić information content (AvgIpc) is 2.64. The third-order valence-electron chi connectivity index (χ3n) is 3.96. The van der Waals surface area contributed by atoms with E-state index in [1.165, 1.54) is 18.7 Å². The maximum absolute atomic E-state index is 14.0. The molecule has 2 unspecified atom stereocenters. The van der Waals surface area contributed by atoms with Gasteiger partial charge in [-0.2, -0.15) is 0 Å². The van der Waals surface area contributed by atoms with Gasteiger partial charge in [-0.05, 0) is 31.2 Å². The number of pyridine rings is 1. The summed E-state index contributed by atoms with van der Waals surface area (Å²) in [7, 11) is 1.58. The van der Waals surface area contributed by atoms with E-state index >= 15 is 0 Å². The van der Waals surface area contributed by atoms with Crippen LogP contribution in [0.1, 0.15) is 49.4 Å². The molecular formula is C15H22FN3O. The highest BCUT2D eigenvalue weighted by Crippen LogP contribution is 2.23. The first kappa shape index (κ1) is 14.8. The van der Waals surface area contributed by atoms with Crippen LogP contribution in [0, 0.1) is 11.7 Å². The molecule has 110 valence electrons. The zero-order valence-corrected chi connectivity index (χ0v) is 12.1. The lowest BCUT2D eigenvalue weighted by Gasteiger charge is -2.17. The Morgan fingerprint density at radius 1 is 1.35 bits per heavy atom. The molecule has 4 nitrogen and oxygen atoms in total. The van der Waals surface area contributed by atoms with E-state index in [0.29, 0.717) is 5.92 Å². The van der Waals surface area contributed by atoms with Crippen molar-refractivity contribution in [2.75, 3.05) is 12.4 Å². The van der Waals surface area contributed by atoms with Gasteiger partial charge in [0.1, 0.15) is 0 Å². The van der Waals surface area contributed by atoms with Crippen LogP contribution >= 0.6 is 0 Å². The number of carbonyl (C=O) groups is 1. The molecule has 0 aromatic carbocycles. The van der Waals surface area contributed by atoms with E-state index in [9.17, 15) is 9.18 Å². The first-order valence-electron chi connectivity index (χ1n) is 7.25. The van der Waals surface area contributed by atoms with Gasteiger partial charge in [0, 0.05) is 19.3 Å². The van der Waals surface area contributed by atoms with Gasteiger partial charge in [-0.25, -0.2) is 9.37 Å². The Bertz CT molecular complexity index is 478. The van der Waals surface area contributed by atoms with Gasteiger partial charge in [0.25, 0.3) is 5.91 Å². The third-order valence-corrected chi connectivity index (χ3v) is 3.96. The summed E-state index contributed by atoms with van der Waals surface area (Å²) in [6, 6.07) is 1.57. The van der Waals surface area contributed by atoms with Crippen molar-refractivity contribution < 1.29 is 9.18 Å². The highest BCUT2D eigenvalue weighted by Gasteiger charge is 2.21. The van der Waals surface area contributed by atoms with Crippen LogP contribution < -0.4 is 10.6 Å². The largest absolute Gasteiger partial charge is 0.371 e. The predicted octanol–water partition coefficient (Wildman–Crippen LogP) is 2.96. The van der Waals surface area contributed by atoms with E-state index in [4.69, 9.17) is 0 Å². The lowest BCUT2D eigenvalue weighted by molar-refractivity contribution is 0.0929. The van der Waals surface area contributed by atoms with E-state index in [0.717, 1.165) is 25.7 Å². The van der Waals surface area contributed by atoms with Crippen molar-refractivity contribution in [3.8, 4) is 0 Å². The topological polar surface area (TPSA) is 54.0 Å². The fourth-order valence-electron chi connectivity index (χ4n) is 2.69. The Balaban J connectivity index is 2.04. The van der Waals surface area contributed by atoms with Crippen molar-refractivity contribution in [2.45, 2.75) is 45.1 Å². The van der Waals surface area contributed by atoms with Gasteiger partial charge in [0.05, 0.1) is 5.56 Å². The van der Waals surface area contributed by atoms with E-state index in [1.54, 1.807) is 7.05 Å². The number of amides is 1. The molecule has 1 saturated carbocycles. The van der Waals surface area contributed by atoms with Crippen LogP contribution in [0.3, 0.4) is 0 Å². The van der Waals surface area contributed by atoms with Crippen LogP contribution in [0.25, 0.3) is 0 Å². The van der Waals surface area contributed by atoms with E-state index in [-0.39, 0.29) is 23.3 Å². The minimum Gasteiger partial charge on any atom is -0.371 e. The highest BCUT2D eigenvalue weighted by molar-refractivity contribution is 5.95. The molecule has 1 aromatic rings. The fourth-order valence-corrected chi connectivity index (χ4v) is 2.69. The molecule has 2 atom stereocenters. The quantitative estimate of drug-likeness (QED) is 0.836. The summed E-state index contributed by atoms with van der Waals surface area (Å²) in [6.45, 7) is 2.24. The highest BCUT2D eigenvalue weighted by atomic mass is 19.1. The Labute approximate surface area is 119 Å². The normalized spacial score (nSPS) is 22.9. The SMILES string of the molecule is CNc1nccc(C(=O)NC2CCCC(C)CC2)c1F. The predicted molar refractivity (Wildman–Crippen MR) is 77.2 cm³/mol. The maximum Gasteiger partial charge on any atom is 0.254 e. The lowest BCUT2D eigenvalue weighted by Crippen LogP contribution is -2.35. The van der Waals surface area contributed by atoms with E-state index < -0.39 is 5.82 Å². The van der Waals surface area contributed by atoms with Crippen LogP contribution in [0.5, 0.6) is 0 Å². The maximum atomic E-state index is 14.0. The Morgan fingerprint density at radius 2 is 2.15 bits per heavy atom. The van der Waals surface area contributed by atoms with Gasteiger partial charge in [-0.3, -0.25) is 4.79 Å². The van der Waals surface area contributed by atoms with Gasteiger partial charge in [0.2, 0.25) is 0 Å². The van der Waals surface area contributed by atoms with Crippen molar-refractivity contribution in [3.63, 3.8) is 0 Å². The smallest absolute Gasteiger partial charge is 0.254 e. The molecule has 2 N–H and O–H groups in total. The molecule has 5 heteroatoms. The van der Waals surface area contributed by atoms with Gasteiger partial charge < -0.3 is 10.6 Å². The summed E-state index contributed by atoms with van der Waals surface area (Å²) in [5, 5.41) is 5.60. The first-order chi connectivity index (χ1) is 9.61. The Kier molecular flexibility index (Phi) is 4.93. The molecule has 0 spiro atoms. The molecule has 0 saturated heterocycles. The van der Waals surface area contributed by atoms with E-state index in [1.807, 2.05) is 0 Å². The van der Waals surface area contributed by atoms with Crippen molar-refractivity contribution in [1.82, 2.24) is 10.3 Å². The number of aromatic nitrogens is 1. The molecule has 0 bridgehead atoms. The number of hydrogen-bond donors (Lipinski definition) is 2. The first-order valence-corrected chi connectivity index (χ1v) is 7.25. The third kappa shape index (κ3) is 3.46. The number of rotatable bonds is 3. The number of nitrogens with one attached hydrogen (secondary N) is 2. The molecule has 2 rings (SSSR count). The van der Waals surface area contributed by atoms with Crippen molar-refractivity contribution in [3.05, 3.63) is 23.6 Å². The molecule has 0 aliphatic heterocycles. The Morgan fingerprint density at radius 3 is 2.90 bits per heavy atom. The van der Waals surface area contributed by atoms with Crippen LogP contribution in [0.4, 0.5) is 10.2 Å². The van der Waals surface area contributed by atoms with Crippen LogP contribution in [0.15, 0.2) is 12.3 Å². The zero-order chi connectivity index (χ0) is 14.5. The van der Waals surface area contributed by atoms with Gasteiger partial charge in [-0.1, -0.05) is 19.8 Å². The second-order valence-corrected chi connectivity index (χ2v) is 5.55. The summed E-state index contributed by atoms with van der Waals surface area (Å²) < 4.78 is 14.0. The van der Waals surface area contributed by atoms with Gasteiger partial charge in [-0.15, -0.1) is 0 Å². The number of anilines is 1. The molecular weight excluding hydrogens is 257 g/mol.